The number of aromatic amines is 1. The molecule has 2 aromatic rings. The molecule has 2 heterocycles. The van der Waals surface area contributed by atoms with Gasteiger partial charge >= 0.3 is 0 Å². The zero-order valence-corrected chi connectivity index (χ0v) is 10.1. The molecule has 2 aromatic heterocycles. The molecule has 0 fully saturated rings. The van der Waals surface area contributed by atoms with E-state index in [2.05, 4.69) is 25.1 Å². The molecule has 96 valence electrons. The molecule has 9 heteroatoms. The van der Waals surface area contributed by atoms with E-state index in [0.717, 1.165) is 0 Å². The van der Waals surface area contributed by atoms with Crippen LogP contribution in [0.1, 0.15) is 5.69 Å². The summed E-state index contributed by atoms with van der Waals surface area (Å²) in [5.41, 5.74) is 2.99. The van der Waals surface area contributed by atoms with Crippen LogP contribution in [0.2, 0.25) is 0 Å². The van der Waals surface area contributed by atoms with Crippen molar-refractivity contribution in [2.45, 2.75) is 11.4 Å². The highest BCUT2D eigenvalue weighted by molar-refractivity contribution is 7.89. The van der Waals surface area contributed by atoms with Gasteiger partial charge in [0.15, 0.2) is 0 Å². The summed E-state index contributed by atoms with van der Waals surface area (Å²) in [4.78, 5) is 10.5. The molecule has 2 rings (SSSR count). The number of nitrogen functional groups attached to an aromatic ring is 1. The van der Waals surface area contributed by atoms with Gasteiger partial charge in [0.05, 0.1) is 12.9 Å². The number of pyridine rings is 1. The minimum Gasteiger partial charge on any atom is -0.347 e. The van der Waals surface area contributed by atoms with Crippen LogP contribution in [0.5, 0.6) is 0 Å². The molecule has 0 radical (unpaired) electrons. The van der Waals surface area contributed by atoms with Gasteiger partial charge < -0.3 is 10.4 Å². The van der Waals surface area contributed by atoms with Gasteiger partial charge in [-0.25, -0.2) is 29.0 Å². The molecule has 0 unspecified atom stereocenters. The average molecular weight is 268 g/mol. The standard InChI is InChI=1S/C9H12N6O2S/c10-15-9-2-1-8(5-12-9)18(16,17)14-4-7-3-11-6-13-7/h1-3,5-6,14H,4,10H2,(H,11,13)(H,12,15). The number of nitrogens with one attached hydrogen (secondary N) is 3. The lowest BCUT2D eigenvalue weighted by Gasteiger charge is -2.06. The third-order valence-electron chi connectivity index (χ3n) is 2.20. The number of nitrogens with two attached hydrogens (primary N) is 1. The average Bonchev–Trinajstić information content (AvgIpc) is 2.90. The summed E-state index contributed by atoms with van der Waals surface area (Å²) in [5.74, 6) is 5.53. The summed E-state index contributed by atoms with van der Waals surface area (Å²) in [7, 11) is -3.59. The Balaban J connectivity index is 2.09. The number of hydrogen-bond donors (Lipinski definition) is 4. The largest absolute Gasteiger partial charge is 0.347 e. The number of imidazole rings is 1. The van der Waals surface area contributed by atoms with Gasteiger partial charge in [-0.2, -0.15) is 0 Å². The molecule has 0 aliphatic carbocycles. The number of anilines is 1. The SMILES string of the molecule is NNc1ccc(S(=O)(=O)NCc2cnc[nH]2)cn1. The monoisotopic (exact) mass is 268 g/mol. The maximum atomic E-state index is 11.9. The van der Waals surface area contributed by atoms with Gasteiger partial charge in [0.2, 0.25) is 10.0 Å². The zero-order chi connectivity index (χ0) is 13.0. The lowest BCUT2D eigenvalue weighted by molar-refractivity contribution is 0.580. The molecule has 8 nitrogen and oxygen atoms in total. The van der Waals surface area contributed by atoms with E-state index >= 15 is 0 Å². The highest BCUT2D eigenvalue weighted by Crippen LogP contribution is 2.10. The first kappa shape index (κ1) is 12.5. The van der Waals surface area contributed by atoms with Crippen molar-refractivity contribution in [1.29, 1.82) is 0 Å². The van der Waals surface area contributed by atoms with E-state index < -0.39 is 10.0 Å². The van der Waals surface area contributed by atoms with Gasteiger partial charge in [-0.3, -0.25) is 0 Å². The van der Waals surface area contributed by atoms with E-state index in [0.29, 0.717) is 11.5 Å². The number of nitrogens with zero attached hydrogens (tertiary/aromatic N) is 2. The Hall–Kier alpha value is -1.97. The van der Waals surface area contributed by atoms with Crippen molar-refractivity contribution in [3.05, 3.63) is 36.5 Å². The minimum atomic E-state index is -3.59. The van der Waals surface area contributed by atoms with Crippen molar-refractivity contribution in [3.8, 4) is 0 Å². The quantitative estimate of drug-likeness (QED) is 0.430. The van der Waals surface area contributed by atoms with Crippen LogP contribution >= 0.6 is 0 Å². The zero-order valence-electron chi connectivity index (χ0n) is 9.29. The Labute approximate surface area is 104 Å². The van der Waals surface area contributed by atoms with E-state index in [9.17, 15) is 8.42 Å². The fourth-order valence-electron chi connectivity index (χ4n) is 1.26. The second-order valence-corrected chi connectivity index (χ2v) is 5.19. The van der Waals surface area contributed by atoms with Crippen LogP contribution in [0, 0.1) is 0 Å². The Morgan fingerprint density at radius 3 is 2.72 bits per heavy atom. The molecule has 0 aliphatic rings. The van der Waals surface area contributed by atoms with E-state index in [1.165, 1.54) is 24.7 Å². The molecule has 0 atom stereocenters. The minimum absolute atomic E-state index is 0.0704. The number of H-pyrrole nitrogens is 1. The van der Waals surface area contributed by atoms with Crippen LogP contribution in [0.4, 0.5) is 5.82 Å². The summed E-state index contributed by atoms with van der Waals surface area (Å²) in [6, 6.07) is 2.89. The lowest BCUT2D eigenvalue weighted by atomic mass is 10.5. The predicted molar refractivity (Wildman–Crippen MR) is 64.7 cm³/mol. The van der Waals surface area contributed by atoms with Gasteiger partial charge in [-0.05, 0) is 12.1 Å². The van der Waals surface area contributed by atoms with Crippen LogP contribution in [0.25, 0.3) is 0 Å². The van der Waals surface area contributed by atoms with Gasteiger partial charge in [0, 0.05) is 18.1 Å². The van der Waals surface area contributed by atoms with Crippen molar-refractivity contribution < 1.29 is 8.42 Å². The van der Waals surface area contributed by atoms with Crippen LogP contribution in [-0.2, 0) is 16.6 Å². The highest BCUT2D eigenvalue weighted by Gasteiger charge is 2.14. The van der Waals surface area contributed by atoms with Crippen LogP contribution in [0.3, 0.4) is 0 Å². The molecule has 0 saturated heterocycles. The second-order valence-electron chi connectivity index (χ2n) is 3.42. The third-order valence-corrected chi connectivity index (χ3v) is 3.59. The molecule has 0 amide bonds. The molecule has 18 heavy (non-hydrogen) atoms. The lowest BCUT2D eigenvalue weighted by Crippen LogP contribution is -2.23. The third kappa shape index (κ3) is 2.83. The summed E-state index contributed by atoms with van der Waals surface area (Å²) < 4.78 is 26.2. The van der Waals surface area contributed by atoms with Crippen molar-refractivity contribution in [2.24, 2.45) is 5.84 Å². The molecule has 0 aromatic carbocycles. The van der Waals surface area contributed by atoms with Gasteiger partial charge in [-0.1, -0.05) is 0 Å². The van der Waals surface area contributed by atoms with Crippen molar-refractivity contribution in [3.63, 3.8) is 0 Å². The molecular formula is C9H12N6O2S. The van der Waals surface area contributed by atoms with E-state index in [-0.39, 0.29) is 11.4 Å². The van der Waals surface area contributed by atoms with Gasteiger partial charge in [0.25, 0.3) is 0 Å². The number of aromatic nitrogens is 3. The summed E-state index contributed by atoms with van der Waals surface area (Å²) >= 11 is 0. The molecule has 5 N–H and O–H groups in total. The van der Waals surface area contributed by atoms with Gasteiger partial charge in [-0.15, -0.1) is 0 Å². The normalized spacial score (nSPS) is 11.4. The molecule has 0 bridgehead atoms. The van der Waals surface area contributed by atoms with Crippen LogP contribution in [-0.4, -0.2) is 23.4 Å². The first-order valence-corrected chi connectivity index (χ1v) is 6.50. The van der Waals surface area contributed by atoms with Crippen LogP contribution in [0.15, 0.2) is 35.7 Å². The maximum Gasteiger partial charge on any atom is 0.242 e. The van der Waals surface area contributed by atoms with Crippen molar-refractivity contribution in [2.75, 3.05) is 5.43 Å². The molecule has 0 spiro atoms. The first-order chi connectivity index (χ1) is 8.62. The predicted octanol–water partition coefficient (Wildman–Crippen LogP) is -0.431. The van der Waals surface area contributed by atoms with E-state index in [1.807, 2.05) is 0 Å². The van der Waals surface area contributed by atoms with E-state index in [1.54, 1.807) is 6.20 Å². The van der Waals surface area contributed by atoms with Crippen molar-refractivity contribution >= 4 is 15.8 Å². The van der Waals surface area contributed by atoms with E-state index in [4.69, 9.17) is 5.84 Å². The Kier molecular flexibility index (Phi) is 3.55. The topological polar surface area (TPSA) is 126 Å². The Morgan fingerprint density at radius 1 is 1.33 bits per heavy atom. The smallest absolute Gasteiger partial charge is 0.242 e. The fraction of sp³-hybridized carbons (Fsp3) is 0.111. The van der Waals surface area contributed by atoms with Crippen LogP contribution < -0.4 is 16.0 Å². The number of rotatable bonds is 5. The summed E-state index contributed by atoms with van der Waals surface area (Å²) in [6.07, 6.45) is 4.25. The first-order valence-electron chi connectivity index (χ1n) is 5.01. The maximum absolute atomic E-state index is 11.9. The summed E-state index contributed by atoms with van der Waals surface area (Å²) in [5, 5.41) is 0. The molecule has 0 saturated carbocycles. The highest BCUT2D eigenvalue weighted by atomic mass is 32.2. The fourth-order valence-corrected chi connectivity index (χ4v) is 2.21. The number of sulfonamides is 1. The number of hydrogen-bond acceptors (Lipinski definition) is 6. The van der Waals surface area contributed by atoms with Crippen molar-refractivity contribution in [1.82, 2.24) is 19.7 Å². The molecular weight excluding hydrogens is 256 g/mol. The second kappa shape index (κ2) is 5.12. The van der Waals surface area contributed by atoms with Gasteiger partial charge in [0.1, 0.15) is 10.7 Å². The Bertz CT molecular complexity index is 592. The number of hydrazine groups is 1. The Morgan fingerprint density at radius 2 is 2.17 bits per heavy atom. The molecule has 0 aliphatic heterocycles. The summed E-state index contributed by atoms with van der Waals surface area (Å²) in [6.45, 7) is 0.138.